The highest BCUT2D eigenvalue weighted by Crippen LogP contribution is 2.25. The quantitative estimate of drug-likeness (QED) is 0.814. The van der Waals surface area contributed by atoms with E-state index in [0.717, 1.165) is 17.5 Å². The predicted octanol–water partition coefficient (Wildman–Crippen LogP) is 1.79. The lowest BCUT2D eigenvalue weighted by Gasteiger charge is -2.22. The van der Waals surface area contributed by atoms with Crippen molar-refractivity contribution >= 4 is 27.1 Å². The molecule has 110 valence electrons. The summed E-state index contributed by atoms with van der Waals surface area (Å²) in [7, 11) is -3.32. The second-order valence-corrected chi connectivity index (χ2v) is 7.67. The van der Waals surface area contributed by atoms with E-state index < -0.39 is 21.0 Å². The molecule has 1 aliphatic heterocycles. The number of anilines is 2. The molecule has 1 fully saturated rings. The van der Waals surface area contributed by atoms with Crippen molar-refractivity contribution in [1.29, 1.82) is 0 Å². The Balaban J connectivity index is 2.22. The number of hydrogen-bond donors (Lipinski definition) is 2. The Hall–Kier alpha value is -1.56. The van der Waals surface area contributed by atoms with Crippen LogP contribution in [0.25, 0.3) is 0 Å². The minimum atomic E-state index is -3.32. The maximum atomic E-state index is 12.2. The molecule has 0 bridgehead atoms. The second kappa shape index (κ2) is 5.44. The second-order valence-electron chi connectivity index (χ2n) is 5.36. The number of amides is 1. The van der Waals surface area contributed by atoms with Gasteiger partial charge < -0.3 is 11.1 Å². The fourth-order valence-corrected chi connectivity index (χ4v) is 4.27. The topological polar surface area (TPSA) is 89.3 Å². The van der Waals surface area contributed by atoms with Crippen LogP contribution in [0.3, 0.4) is 0 Å². The molecule has 0 aromatic heterocycles. The van der Waals surface area contributed by atoms with E-state index in [1.807, 2.05) is 19.9 Å². The van der Waals surface area contributed by atoms with E-state index in [9.17, 15) is 13.2 Å². The van der Waals surface area contributed by atoms with Gasteiger partial charge in [0, 0.05) is 11.4 Å². The summed E-state index contributed by atoms with van der Waals surface area (Å²) in [6.07, 6.45) is 1.81. The Kier molecular flexibility index (Phi) is 4.04. The first-order chi connectivity index (χ1) is 9.31. The number of aryl methyl sites for hydroxylation is 2. The molecule has 0 saturated carbocycles. The Morgan fingerprint density at radius 2 is 1.95 bits per heavy atom. The molecule has 20 heavy (non-hydrogen) atoms. The lowest BCUT2D eigenvalue weighted by molar-refractivity contribution is -0.116. The number of hydrogen-bond acceptors (Lipinski definition) is 4. The van der Waals surface area contributed by atoms with Gasteiger partial charge in [0.1, 0.15) is 5.25 Å². The zero-order valence-electron chi connectivity index (χ0n) is 11.8. The first-order valence-corrected chi connectivity index (χ1v) is 8.42. The zero-order chi connectivity index (χ0) is 14.9. The van der Waals surface area contributed by atoms with E-state index in [-0.39, 0.29) is 5.75 Å². The normalized spacial score (nSPS) is 21.4. The van der Waals surface area contributed by atoms with Crippen LogP contribution in [0.4, 0.5) is 11.4 Å². The molecule has 2 rings (SSSR count). The summed E-state index contributed by atoms with van der Waals surface area (Å²) in [5.41, 5.74) is 8.80. The van der Waals surface area contributed by atoms with E-state index >= 15 is 0 Å². The molecule has 1 amide bonds. The molecular formula is C14H20N2O3S. The Bertz CT molecular complexity index is 638. The van der Waals surface area contributed by atoms with Crippen molar-refractivity contribution in [3.63, 3.8) is 0 Å². The van der Waals surface area contributed by atoms with Crippen molar-refractivity contribution in [3.05, 3.63) is 23.3 Å². The van der Waals surface area contributed by atoms with Gasteiger partial charge in [-0.25, -0.2) is 8.42 Å². The molecule has 1 aromatic carbocycles. The molecule has 0 aliphatic carbocycles. The van der Waals surface area contributed by atoms with E-state index in [1.165, 1.54) is 0 Å². The number of sulfone groups is 1. The van der Waals surface area contributed by atoms with Gasteiger partial charge in [0.2, 0.25) is 5.91 Å². The van der Waals surface area contributed by atoms with E-state index in [4.69, 9.17) is 5.73 Å². The molecular weight excluding hydrogens is 276 g/mol. The largest absolute Gasteiger partial charge is 0.398 e. The monoisotopic (exact) mass is 296 g/mol. The molecule has 1 heterocycles. The van der Waals surface area contributed by atoms with Crippen LogP contribution >= 0.6 is 0 Å². The highest BCUT2D eigenvalue weighted by molar-refractivity contribution is 7.92. The van der Waals surface area contributed by atoms with Gasteiger partial charge in [-0.2, -0.15) is 0 Å². The number of rotatable bonds is 2. The Morgan fingerprint density at radius 3 is 2.60 bits per heavy atom. The molecule has 1 aliphatic rings. The summed E-state index contributed by atoms with van der Waals surface area (Å²) < 4.78 is 23.9. The lowest BCUT2D eigenvalue weighted by atomic mass is 10.1. The summed E-state index contributed by atoms with van der Waals surface area (Å²) in [6, 6.07) is 3.55. The smallest absolute Gasteiger partial charge is 0.242 e. The van der Waals surface area contributed by atoms with Crippen LogP contribution in [-0.2, 0) is 14.6 Å². The average Bonchev–Trinajstić information content (AvgIpc) is 2.35. The fraction of sp³-hybridized carbons (Fsp3) is 0.500. The van der Waals surface area contributed by atoms with Gasteiger partial charge >= 0.3 is 0 Å². The van der Waals surface area contributed by atoms with Gasteiger partial charge in [-0.15, -0.1) is 0 Å². The fourth-order valence-electron chi connectivity index (χ4n) is 2.47. The number of benzene rings is 1. The highest BCUT2D eigenvalue weighted by atomic mass is 32.2. The summed E-state index contributed by atoms with van der Waals surface area (Å²) >= 11 is 0. The lowest BCUT2D eigenvalue weighted by Crippen LogP contribution is -2.39. The maximum absolute atomic E-state index is 12.2. The molecule has 0 spiro atoms. The van der Waals surface area contributed by atoms with Crippen LogP contribution in [0.15, 0.2) is 12.1 Å². The van der Waals surface area contributed by atoms with Crippen molar-refractivity contribution in [2.24, 2.45) is 0 Å². The van der Waals surface area contributed by atoms with Crippen LogP contribution in [0.1, 0.15) is 30.4 Å². The first kappa shape index (κ1) is 14.8. The molecule has 1 atom stereocenters. The van der Waals surface area contributed by atoms with Crippen molar-refractivity contribution in [2.45, 2.75) is 38.4 Å². The molecule has 6 heteroatoms. The van der Waals surface area contributed by atoms with Crippen LogP contribution in [0.5, 0.6) is 0 Å². The van der Waals surface area contributed by atoms with Gasteiger partial charge in [0.25, 0.3) is 0 Å². The standard InChI is InChI=1S/C14H20N2O3S/c1-9-7-10(2)12(8-11(9)15)16-14(17)13-5-3-4-6-20(13,18)19/h7-8,13H,3-6,15H2,1-2H3,(H,16,17). The van der Waals surface area contributed by atoms with Gasteiger partial charge in [-0.1, -0.05) is 12.5 Å². The number of nitrogens with two attached hydrogens (primary N) is 1. The number of carbonyl (C=O) groups excluding carboxylic acids is 1. The van der Waals surface area contributed by atoms with Crippen molar-refractivity contribution < 1.29 is 13.2 Å². The Morgan fingerprint density at radius 1 is 1.25 bits per heavy atom. The SMILES string of the molecule is Cc1cc(C)c(NC(=O)C2CCCCS2(=O)=O)cc1N. The van der Waals surface area contributed by atoms with Crippen molar-refractivity contribution in [2.75, 3.05) is 16.8 Å². The first-order valence-electron chi connectivity index (χ1n) is 6.70. The van der Waals surface area contributed by atoms with Crippen LogP contribution in [0, 0.1) is 13.8 Å². The summed E-state index contributed by atoms with van der Waals surface area (Å²) in [4.78, 5) is 12.2. The third-order valence-electron chi connectivity index (χ3n) is 3.74. The average molecular weight is 296 g/mol. The molecule has 1 unspecified atom stereocenters. The highest BCUT2D eigenvalue weighted by Gasteiger charge is 2.34. The van der Waals surface area contributed by atoms with Gasteiger partial charge in [0.05, 0.1) is 5.75 Å². The predicted molar refractivity (Wildman–Crippen MR) is 80.4 cm³/mol. The number of nitrogens with one attached hydrogen (secondary N) is 1. The van der Waals surface area contributed by atoms with Gasteiger partial charge in [-0.3, -0.25) is 4.79 Å². The van der Waals surface area contributed by atoms with Crippen molar-refractivity contribution in [1.82, 2.24) is 0 Å². The summed E-state index contributed by atoms with van der Waals surface area (Å²) in [5.74, 6) is -0.351. The van der Waals surface area contributed by atoms with Crippen LogP contribution in [-0.4, -0.2) is 25.3 Å². The molecule has 5 nitrogen and oxygen atoms in total. The zero-order valence-corrected chi connectivity index (χ0v) is 12.6. The minimum Gasteiger partial charge on any atom is -0.398 e. The number of carbonyl (C=O) groups is 1. The molecule has 3 N–H and O–H groups in total. The van der Waals surface area contributed by atoms with E-state index in [1.54, 1.807) is 6.07 Å². The molecule has 1 aromatic rings. The number of nitrogen functional groups attached to an aromatic ring is 1. The van der Waals surface area contributed by atoms with Crippen LogP contribution in [0.2, 0.25) is 0 Å². The van der Waals surface area contributed by atoms with E-state index in [0.29, 0.717) is 24.2 Å². The minimum absolute atomic E-state index is 0.0973. The third-order valence-corrected chi connectivity index (χ3v) is 5.92. The van der Waals surface area contributed by atoms with Crippen LogP contribution < -0.4 is 11.1 Å². The van der Waals surface area contributed by atoms with Gasteiger partial charge in [0.15, 0.2) is 9.84 Å². The summed E-state index contributed by atoms with van der Waals surface area (Å²) in [5, 5.41) is 1.77. The summed E-state index contributed by atoms with van der Waals surface area (Å²) in [6.45, 7) is 3.75. The Labute approximate surface area is 119 Å². The maximum Gasteiger partial charge on any atom is 0.242 e. The van der Waals surface area contributed by atoms with Crippen molar-refractivity contribution in [3.8, 4) is 0 Å². The van der Waals surface area contributed by atoms with Gasteiger partial charge in [-0.05, 0) is 43.9 Å². The third kappa shape index (κ3) is 2.95. The van der Waals surface area contributed by atoms with E-state index in [2.05, 4.69) is 5.32 Å². The molecule has 1 saturated heterocycles. The molecule has 0 radical (unpaired) electrons.